The van der Waals surface area contributed by atoms with Crippen molar-refractivity contribution in [2.45, 2.75) is 70.3 Å². The summed E-state index contributed by atoms with van der Waals surface area (Å²) < 4.78 is 5.67. The second-order valence-electron chi connectivity index (χ2n) is 9.05. The summed E-state index contributed by atoms with van der Waals surface area (Å²) in [6.07, 6.45) is 5.46. The highest BCUT2D eigenvalue weighted by molar-refractivity contribution is 5.70. The van der Waals surface area contributed by atoms with E-state index >= 15 is 0 Å². The lowest BCUT2D eigenvalue weighted by Crippen LogP contribution is -2.52. The number of benzene rings is 1. The van der Waals surface area contributed by atoms with Gasteiger partial charge in [-0.25, -0.2) is 0 Å². The zero-order chi connectivity index (χ0) is 20.1. The van der Waals surface area contributed by atoms with Gasteiger partial charge in [-0.1, -0.05) is 25.1 Å². The molecule has 0 aliphatic heterocycles. The molecule has 0 heterocycles. The van der Waals surface area contributed by atoms with E-state index in [0.717, 1.165) is 37.7 Å². The molecule has 5 heteroatoms. The van der Waals surface area contributed by atoms with E-state index in [2.05, 4.69) is 25.1 Å². The molecular weight excluding hydrogens is 354 g/mol. The van der Waals surface area contributed by atoms with E-state index in [1.165, 1.54) is 18.1 Å². The smallest absolute Gasteiger partial charge is 0.307 e. The van der Waals surface area contributed by atoms with Crippen molar-refractivity contribution >= 4 is 11.9 Å². The van der Waals surface area contributed by atoms with Gasteiger partial charge in [0.2, 0.25) is 5.60 Å². The minimum Gasteiger partial charge on any atom is -0.481 e. The maximum Gasteiger partial charge on any atom is 0.307 e. The Morgan fingerprint density at radius 1 is 1.29 bits per heavy atom. The standard InChI is InChI=1S/C23H27NO4/c1-14(25)28-23(13-24)10-8-20-19-6-4-16-11-15(12-21(26)27)3-5-17(16)18(19)7-9-22(20,23)2/h3,5,11,18-20H,4,6-10,12H2,1-2H3,(H,26,27)/t18-,19-,20+,22+,23+/m1/s1. The number of esters is 1. The van der Waals surface area contributed by atoms with Crippen molar-refractivity contribution in [3.05, 3.63) is 34.9 Å². The number of nitrogens with zero attached hydrogens (tertiary/aromatic N) is 1. The number of carboxylic acid groups (broad SMARTS) is 1. The molecule has 0 radical (unpaired) electrons. The molecule has 5 nitrogen and oxygen atoms in total. The first-order valence-electron chi connectivity index (χ1n) is 10.2. The number of carboxylic acids is 1. The van der Waals surface area contributed by atoms with Crippen LogP contribution in [0.2, 0.25) is 0 Å². The fourth-order valence-corrected chi connectivity index (χ4v) is 6.54. The van der Waals surface area contributed by atoms with E-state index in [1.807, 2.05) is 6.07 Å². The number of ether oxygens (including phenoxy) is 1. The molecule has 2 saturated carbocycles. The first-order valence-corrected chi connectivity index (χ1v) is 10.2. The van der Waals surface area contributed by atoms with E-state index in [1.54, 1.807) is 0 Å². The van der Waals surface area contributed by atoms with Gasteiger partial charge < -0.3 is 9.84 Å². The molecule has 1 aromatic carbocycles. The SMILES string of the molecule is CC(=O)O[C@]1(C#N)CC[C@H]2[C@@H]3CCc4cc(CC(=O)O)ccc4[C@H]3CC[C@@]21C. The fraction of sp³-hybridized carbons (Fsp3) is 0.609. The predicted octanol–water partition coefficient (Wildman–Crippen LogP) is 4.00. The van der Waals surface area contributed by atoms with Crippen molar-refractivity contribution in [3.8, 4) is 6.07 Å². The Labute approximate surface area is 165 Å². The van der Waals surface area contributed by atoms with Gasteiger partial charge in [0, 0.05) is 18.8 Å². The molecule has 148 valence electrons. The fourth-order valence-electron chi connectivity index (χ4n) is 6.54. The molecule has 0 saturated heterocycles. The maximum atomic E-state index is 11.7. The van der Waals surface area contributed by atoms with Crippen molar-refractivity contribution in [2.24, 2.45) is 17.3 Å². The predicted molar refractivity (Wildman–Crippen MR) is 103 cm³/mol. The quantitative estimate of drug-likeness (QED) is 0.800. The van der Waals surface area contributed by atoms with E-state index < -0.39 is 11.6 Å². The number of aliphatic carboxylic acids is 1. The summed E-state index contributed by atoms with van der Waals surface area (Å²) in [4.78, 5) is 22.7. The Kier molecular flexibility index (Phi) is 4.49. The molecule has 3 aliphatic carbocycles. The third-order valence-electron chi connectivity index (χ3n) is 7.76. The van der Waals surface area contributed by atoms with E-state index in [4.69, 9.17) is 9.84 Å². The third-order valence-corrected chi connectivity index (χ3v) is 7.76. The number of rotatable bonds is 3. The number of carbonyl (C=O) groups is 2. The first-order chi connectivity index (χ1) is 13.3. The van der Waals surface area contributed by atoms with Crippen LogP contribution in [0.15, 0.2) is 18.2 Å². The average molecular weight is 381 g/mol. The Bertz CT molecular complexity index is 872. The molecular formula is C23H27NO4. The summed E-state index contributed by atoms with van der Waals surface area (Å²) in [6.45, 7) is 3.55. The van der Waals surface area contributed by atoms with Crippen LogP contribution in [-0.2, 0) is 27.2 Å². The van der Waals surface area contributed by atoms with Gasteiger partial charge in [-0.2, -0.15) is 5.26 Å². The van der Waals surface area contributed by atoms with Crippen LogP contribution in [0.3, 0.4) is 0 Å². The van der Waals surface area contributed by atoms with Gasteiger partial charge in [0.15, 0.2) is 0 Å². The Morgan fingerprint density at radius 2 is 2.07 bits per heavy atom. The lowest BCUT2D eigenvalue weighted by Gasteiger charge is -2.52. The lowest BCUT2D eigenvalue weighted by atomic mass is 9.53. The molecule has 0 unspecified atom stereocenters. The molecule has 28 heavy (non-hydrogen) atoms. The molecule has 1 aromatic rings. The normalized spacial score (nSPS) is 35.8. The lowest BCUT2D eigenvalue weighted by molar-refractivity contribution is -0.166. The van der Waals surface area contributed by atoms with Crippen LogP contribution in [0.25, 0.3) is 0 Å². The Hall–Kier alpha value is -2.35. The van der Waals surface area contributed by atoms with Crippen LogP contribution in [0.1, 0.15) is 68.6 Å². The zero-order valence-corrected chi connectivity index (χ0v) is 16.5. The Balaban J connectivity index is 1.64. The van der Waals surface area contributed by atoms with Gasteiger partial charge in [-0.3, -0.25) is 9.59 Å². The summed E-state index contributed by atoms with van der Waals surface area (Å²) in [5, 5.41) is 19.0. The number of hydrogen-bond acceptors (Lipinski definition) is 4. The second-order valence-corrected chi connectivity index (χ2v) is 9.05. The number of fused-ring (bicyclic) bond motifs is 5. The molecule has 0 aromatic heterocycles. The highest BCUT2D eigenvalue weighted by Crippen LogP contribution is 2.65. The Morgan fingerprint density at radius 3 is 2.75 bits per heavy atom. The summed E-state index contributed by atoms with van der Waals surface area (Å²) in [6, 6.07) is 8.55. The van der Waals surface area contributed by atoms with Gasteiger partial charge in [0.05, 0.1) is 6.42 Å². The van der Waals surface area contributed by atoms with Crippen LogP contribution >= 0.6 is 0 Å². The molecule has 0 spiro atoms. The highest BCUT2D eigenvalue weighted by Gasteiger charge is 2.64. The molecule has 4 rings (SSSR count). The number of nitriles is 1. The summed E-state index contributed by atoms with van der Waals surface area (Å²) >= 11 is 0. The van der Waals surface area contributed by atoms with E-state index in [0.29, 0.717) is 24.2 Å². The van der Waals surface area contributed by atoms with Crippen LogP contribution in [0.4, 0.5) is 0 Å². The minimum absolute atomic E-state index is 0.0646. The topological polar surface area (TPSA) is 87.4 Å². The third kappa shape index (κ3) is 2.73. The van der Waals surface area contributed by atoms with Crippen molar-refractivity contribution in [1.29, 1.82) is 5.26 Å². The largest absolute Gasteiger partial charge is 0.481 e. The van der Waals surface area contributed by atoms with Crippen molar-refractivity contribution < 1.29 is 19.4 Å². The summed E-state index contributed by atoms with van der Waals surface area (Å²) in [5.74, 6) is 0.142. The van der Waals surface area contributed by atoms with Gasteiger partial charge >= 0.3 is 11.9 Å². The van der Waals surface area contributed by atoms with Crippen molar-refractivity contribution in [2.75, 3.05) is 0 Å². The van der Waals surface area contributed by atoms with Gasteiger partial charge in [-0.05, 0) is 66.5 Å². The van der Waals surface area contributed by atoms with Gasteiger partial charge in [-0.15, -0.1) is 0 Å². The summed E-state index contributed by atoms with van der Waals surface area (Å²) in [7, 11) is 0. The van der Waals surface area contributed by atoms with Crippen molar-refractivity contribution in [1.82, 2.24) is 0 Å². The number of carbonyl (C=O) groups excluding carboxylic acids is 1. The molecule has 3 aliphatic rings. The average Bonchev–Trinajstić information content (AvgIpc) is 2.93. The van der Waals surface area contributed by atoms with Crippen molar-refractivity contribution in [3.63, 3.8) is 0 Å². The van der Waals surface area contributed by atoms with Crippen LogP contribution in [-0.4, -0.2) is 22.6 Å². The van der Waals surface area contributed by atoms with Gasteiger partial charge in [0.1, 0.15) is 6.07 Å². The van der Waals surface area contributed by atoms with E-state index in [-0.39, 0.29) is 17.8 Å². The molecule has 0 bridgehead atoms. The maximum absolute atomic E-state index is 11.7. The van der Waals surface area contributed by atoms with Crippen LogP contribution in [0, 0.1) is 28.6 Å². The number of hydrogen-bond donors (Lipinski definition) is 1. The highest BCUT2D eigenvalue weighted by atomic mass is 16.6. The van der Waals surface area contributed by atoms with E-state index in [9.17, 15) is 14.9 Å². The zero-order valence-electron chi connectivity index (χ0n) is 16.5. The number of aryl methyl sites for hydroxylation is 1. The second kappa shape index (κ2) is 6.62. The summed E-state index contributed by atoms with van der Waals surface area (Å²) in [5.41, 5.74) is 2.21. The van der Waals surface area contributed by atoms with Gasteiger partial charge in [0.25, 0.3) is 0 Å². The minimum atomic E-state index is -1.000. The van der Waals surface area contributed by atoms with Crippen LogP contribution in [0.5, 0.6) is 0 Å². The first kappa shape index (κ1) is 19.0. The van der Waals surface area contributed by atoms with Crippen LogP contribution < -0.4 is 0 Å². The molecule has 5 atom stereocenters. The molecule has 1 N–H and O–H groups in total. The monoisotopic (exact) mass is 381 g/mol. The molecule has 2 fully saturated rings. The molecule has 0 amide bonds.